The van der Waals surface area contributed by atoms with Crippen molar-refractivity contribution in [2.24, 2.45) is 11.8 Å². The summed E-state index contributed by atoms with van der Waals surface area (Å²) in [6.45, 7) is 4.67. The molecule has 4 rings (SSSR count). The van der Waals surface area contributed by atoms with Crippen molar-refractivity contribution in [3.63, 3.8) is 0 Å². The highest BCUT2D eigenvalue weighted by atomic mass is 19.1. The first-order valence-corrected chi connectivity index (χ1v) is 8.81. The van der Waals surface area contributed by atoms with Gasteiger partial charge in [-0.25, -0.2) is 9.18 Å². The highest BCUT2D eigenvalue weighted by Crippen LogP contribution is 2.51. The lowest BCUT2D eigenvalue weighted by atomic mass is 9.64. The third kappa shape index (κ3) is 3.06. The number of rotatable bonds is 4. The quantitative estimate of drug-likeness (QED) is 0.889. The fourth-order valence-corrected chi connectivity index (χ4v) is 4.47. The summed E-state index contributed by atoms with van der Waals surface area (Å²) < 4.78 is 13.1. The Bertz CT molecular complexity index is 887. The van der Waals surface area contributed by atoms with E-state index in [-0.39, 0.29) is 11.4 Å². The molecule has 1 saturated heterocycles. The van der Waals surface area contributed by atoms with Crippen molar-refractivity contribution in [1.29, 1.82) is 0 Å². The summed E-state index contributed by atoms with van der Waals surface area (Å²) in [6, 6.07) is 6.89. The number of likely N-dealkylation sites (tertiary alicyclic amines) is 1. The third-order valence-electron chi connectivity index (χ3n) is 5.87. The number of benzene rings is 1. The topological polar surface area (TPSA) is 69.0 Å². The SMILES string of the molecule is Cc1[nH]c(=O)[nH]c(=O)c1CCN1CC2CC(c3ccc(F)cc3)C2C1. The van der Waals surface area contributed by atoms with Gasteiger partial charge in [-0.1, -0.05) is 12.1 Å². The number of fused-ring (bicyclic) bond motifs is 1. The van der Waals surface area contributed by atoms with Crippen LogP contribution in [0.1, 0.15) is 29.2 Å². The van der Waals surface area contributed by atoms with Crippen molar-refractivity contribution in [2.75, 3.05) is 19.6 Å². The van der Waals surface area contributed by atoms with Gasteiger partial charge >= 0.3 is 5.69 Å². The van der Waals surface area contributed by atoms with Gasteiger partial charge in [0.2, 0.25) is 0 Å². The summed E-state index contributed by atoms with van der Waals surface area (Å²) in [5.41, 5.74) is 1.81. The summed E-state index contributed by atoms with van der Waals surface area (Å²) >= 11 is 0. The van der Waals surface area contributed by atoms with Gasteiger partial charge in [-0.2, -0.15) is 0 Å². The van der Waals surface area contributed by atoms with Gasteiger partial charge < -0.3 is 9.88 Å². The molecule has 2 aliphatic rings. The molecule has 25 heavy (non-hydrogen) atoms. The van der Waals surface area contributed by atoms with E-state index in [1.165, 1.54) is 5.56 Å². The molecular weight excluding hydrogens is 321 g/mol. The molecule has 3 unspecified atom stereocenters. The molecule has 1 aliphatic heterocycles. The Balaban J connectivity index is 1.38. The van der Waals surface area contributed by atoms with Gasteiger partial charge in [0, 0.05) is 30.9 Å². The second-order valence-corrected chi connectivity index (χ2v) is 7.34. The van der Waals surface area contributed by atoms with Crippen LogP contribution in [0.15, 0.2) is 33.9 Å². The third-order valence-corrected chi connectivity index (χ3v) is 5.87. The Morgan fingerprint density at radius 2 is 1.92 bits per heavy atom. The number of hydrogen-bond donors (Lipinski definition) is 2. The molecule has 2 aromatic rings. The highest BCUT2D eigenvalue weighted by Gasteiger charge is 2.47. The van der Waals surface area contributed by atoms with Gasteiger partial charge in [-0.3, -0.25) is 9.78 Å². The molecule has 1 saturated carbocycles. The molecule has 5 nitrogen and oxygen atoms in total. The maximum Gasteiger partial charge on any atom is 0.325 e. The van der Waals surface area contributed by atoms with Crippen molar-refractivity contribution in [3.8, 4) is 0 Å². The predicted molar refractivity (Wildman–Crippen MR) is 93.3 cm³/mol. The van der Waals surface area contributed by atoms with Crippen LogP contribution in [-0.4, -0.2) is 34.5 Å². The van der Waals surface area contributed by atoms with E-state index in [9.17, 15) is 14.0 Å². The minimum Gasteiger partial charge on any atom is -0.311 e. The number of aryl methyl sites for hydroxylation is 1. The second-order valence-electron chi connectivity index (χ2n) is 7.34. The largest absolute Gasteiger partial charge is 0.325 e. The molecule has 0 radical (unpaired) electrons. The van der Waals surface area contributed by atoms with Gasteiger partial charge in [-0.15, -0.1) is 0 Å². The molecule has 6 heteroatoms. The Morgan fingerprint density at radius 3 is 2.64 bits per heavy atom. The molecule has 2 fully saturated rings. The number of nitrogens with one attached hydrogen (secondary N) is 2. The molecule has 0 bridgehead atoms. The van der Waals surface area contributed by atoms with Gasteiger partial charge in [0.25, 0.3) is 5.56 Å². The van der Waals surface area contributed by atoms with Crippen molar-refractivity contribution >= 4 is 0 Å². The summed E-state index contributed by atoms with van der Waals surface area (Å²) in [5, 5.41) is 0. The zero-order valence-corrected chi connectivity index (χ0v) is 14.2. The normalized spacial score (nSPS) is 25.6. The molecule has 3 atom stereocenters. The van der Waals surface area contributed by atoms with Crippen LogP contribution >= 0.6 is 0 Å². The highest BCUT2D eigenvalue weighted by molar-refractivity contribution is 5.25. The van der Waals surface area contributed by atoms with Crippen LogP contribution in [-0.2, 0) is 6.42 Å². The minimum absolute atomic E-state index is 0.186. The second kappa shape index (κ2) is 6.26. The first-order valence-electron chi connectivity index (χ1n) is 8.81. The molecule has 132 valence electrons. The smallest absolute Gasteiger partial charge is 0.311 e. The zero-order valence-electron chi connectivity index (χ0n) is 14.2. The van der Waals surface area contributed by atoms with Gasteiger partial charge in [0.1, 0.15) is 5.82 Å². The number of hydrogen-bond acceptors (Lipinski definition) is 3. The van der Waals surface area contributed by atoms with Crippen LogP contribution in [0.5, 0.6) is 0 Å². The fourth-order valence-electron chi connectivity index (χ4n) is 4.47. The lowest BCUT2D eigenvalue weighted by Gasteiger charge is -2.40. The predicted octanol–water partition coefficient (Wildman–Crippen LogP) is 1.79. The van der Waals surface area contributed by atoms with E-state index in [1.807, 2.05) is 12.1 Å². The van der Waals surface area contributed by atoms with Crippen LogP contribution in [0, 0.1) is 24.6 Å². The number of halogens is 1. The molecule has 1 aromatic carbocycles. The molecule has 0 spiro atoms. The van der Waals surface area contributed by atoms with Crippen LogP contribution in [0.25, 0.3) is 0 Å². The van der Waals surface area contributed by atoms with E-state index in [0.717, 1.165) is 26.1 Å². The summed E-state index contributed by atoms with van der Waals surface area (Å²) in [4.78, 5) is 30.6. The molecule has 0 amide bonds. The number of aromatic amines is 2. The Hall–Kier alpha value is -2.21. The van der Waals surface area contributed by atoms with Crippen molar-refractivity contribution in [2.45, 2.75) is 25.7 Å². The van der Waals surface area contributed by atoms with E-state index < -0.39 is 5.69 Å². The molecule has 1 aromatic heterocycles. The Kier molecular flexibility index (Phi) is 4.07. The standard InChI is InChI=1S/C19H22FN3O2/c1-11-15(18(24)22-19(25)21-11)6-7-23-9-13-8-16(17(13)10-23)12-2-4-14(20)5-3-12/h2-5,13,16-17H,6-10H2,1H3,(H2,21,22,24,25). The summed E-state index contributed by atoms with van der Waals surface area (Å²) in [6.07, 6.45) is 1.80. The molecule has 2 N–H and O–H groups in total. The molecule has 2 heterocycles. The van der Waals surface area contributed by atoms with Gasteiger partial charge in [0.15, 0.2) is 0 Å². The molecule has 1 aliphatic carbocycles. The van der Waals surface area contributed by atoms with E-state index in [0.29, 0.717) is 35.4 Å². The van der Waals surface area contributed by atoms with E-state index in [2.05, 4.69) is 14.9 Å². The van der Waals surface area contributed by atoms with Gasteiger partial charge in [-0.05, 0) is 55.2 Å². The maximum atomic E-state index is 13.1. The average molecular weight is 343 g/mol. The summed E-state index contributed by atoms with van der Waals surface area (Å²) in [5.74, 6) is 1.66. The van der Waals surface area contributed by atoms with Crippen LogP contribution in [0.3, 0.4) is 0 Å². The number of H-pyrrole nitrogens is 2. The summed E-state index contributed by atoms with van der Waals surface area (Å²) in [7, 11) is 0. The lowest BCUT2D eigenvalue weighted by molar-refractivity contribution is 0.191. The maximum absolute atomic E-state index is 13.1. The first kappa shape index (κ1) is 16.3. The number of aromatic nitrogens is 2. The fraction of sp³-hybridized carbons (Fsp3) is 0.474. The van der Waals surface area contributed by atoms with Gasteiger partial charge in [0.05, 0.1) is 0 Å². The monoisotopic (exact) mass is 343 g/mol. The van der Waals surface area contributed by atoms with Crippen LogP contribution < -0.4 is 11.2 Å². The van der Waals surface area contributed by atoms with Crippen molar-refractivity contribution in [3.05, 3.63) is 67.7 Å². The van der Waals surface area contributed by atoms with Crippen LogP contribution in [0.2, 0.25) is 0 Å². The zero-order chi connectivity index (χ0) is 17.6. The van der Waals surface area contributed by atoms with Crippen molar-refractivity contribution in [1.82, 2.24) is 14.9 Å². The molecular formula is C19H22FN3O2. The lowest BCUT2D eigenvalue weighted by Crippen LogP contribution is -2.33. The average Bonchev–Trinajstić information content (AvgIpc) is 2.85. The van der Waals surface area contributed by atoms with E-state index >= 15 is 0 Å². The van der Waals surface area contributed by atoms with E-state index in [4.69, 9.17) is 0 Å². The first-order chi connectivity index (χ1) is 12.0. The number of nitrogens with zero attached hydrogens (tertiary/aromatic N) is 1. The van der Waals surface area contributed by atoms with E-state index in [1.54, 1.807) is 19.1 Å². The van der Waals surface area contributed by atoms with Crippen LogP contribution in [0.4, 0.5) is 4.39 Å². The Morgan fingerprint density at radius 1 is 1.16 bits per heavy atom. The Labute approximate surface area is 144 Å². The minimum atomic E-state index is -0.451. The van der Waals surface area contributed by atoms with Crippen molar-refractivity contribution < 1.29 is 4.39 Å².